The van der Waals surface area contributed by atoms with Crippen molar-refractivity contribution in [2.75, 3.05) is 6.61 Å². The molecule has 0 saturated heterocycles. The number of rotatable bonds is 3. The summed E-state index contributed by atoms with van der Waals surface area (Å²) in [6.07, 6.45) is 2.04. The fraction of sp³-hybridized carbons (Fsp3) is 0.500. The fourth-order valence-electron chi connectivity index (χ4n) is 1.08. The van der Waals surface area contributed by atoms with Crippen molar-refractivity contribution in [3.8, 4) is 0 Å². The molecule has 0 radical (unpaired) electrons. The van der Waals surface area contributed by atoms with Gasteiger partial charge in [-0.3, -0.25) is 9.78 Å². The second kappa shape index (κ2) is 5.29. The summed E-state index contributed by atoms with van der Waals surface area (Å²) in [5.41, 5.74) is -0.994. The SMILES string of the molecule is CCCCOC(=O)n1cc(C)c(=O)[nH]c1=O. The first-order valence-electron chi connectivity index (χ1n) is 5.06. The van der Waals surface area contributed by atoms with E-state index < -0.39 is 17.3 Å². The molecule has 6 nitrogen and oxygen atoms in total. The van der Waals surface area contributed by atoms with Crippen LogP contribution in [-0.4, -0.2) is 22.3 Å². The predicted molar refractivity (Wildman–Crippen MR) is 57.7 cm³/mol. The number of hydrogen-bond donors (Lipinski definition) is 1. The maximum absolute atomic E-state index is 11.4. The van der Waals surface area contributed by atoms with Crippen LogP contribution in [-0.2, 0) is 4.74 Å². The predicted octanol–water partition coefficient (Wildman–Crippen LogP) is 0.630. The van der Waals surface area contributed by atoms with Gasteiger partial charge in [0.1, 0.15) is 0 Å². The molecule has 0 aliphatic rings. The van der Waals surface area contributed by atoms with Crippen molar-refractivity contribution in [1.29, 1.82) is 0 Å². The first-order chi connectivity index (χ1) is 7.56. The number of aromatic nitrogens is 2. The summed E-state index contributed by atoms with van der Waals surface area (Å²) in [5.74, 6) is 0. The van der Waals surface area contributed by atoms with Crippen LogP contribution in [0.25, 0.3) is 0 Å². The third-order valence-corrected chi connectivity index (χ3v) is 2.04. The number of nitrogens with zero attached hydrogens (tertiary/aromatic N) is 1. The Bertz CT molecular complexity index is 486. The Hall–Kier alpha value is -1.85. The first kappa shape index (κ1) is 12.2. The Kier molecular flexibility index (Phi) is 4.04. The summed E-state index contributed by atoms with van der Waals surface area (Å²) < 4.78 is 5.60. The molecule has 0 bridgehead atoms. The van der Waals surface area contributed by atoms with Crippen LogP contribution in [0.15, 0.2) is 15.8 Å². The molecular formula is C10H14N2O4. The molecule has 6 heteroatoms. The summed E-state index contributed by atoms with van der Waals surface area (Å²) in [6, 6.07) is 0. The highest BCUT2D eigenvalue weighted by atomic mass is 16.5. The summed E-state index contributed by atoms with van der Waals surface area (Å²) in [7, 11) is 0. The maximum atomic E-state index is 11.4. The molecular weight excluding hydrogens is 212 g/mol. The van der Waals surface area contributed by atoms with Crippen LogP contribution in [0.5, 0.6) is 0 Å². The molecule has 16 heavy (non-hydrogen) atoms. The number of ether oxygens (including phenoxy) is 1. The number of hydrogen-bond acceptors (Lipinski definition) is 4. The number of nitrogens with one attached hydrogen (secondary N) is 1. The van der Waals surface area contributed by atoms with Gasteiger partial charge in [-0.1, -0.05) is 13.3 Å². The number of aryl methyl sites for hydroxylation is 1. The molecule has 0 aliphatic carbocycles. The molecule has 0 spiro atoms. The van der Waals surface area contributed by atoms with Crippen LogP contribution in [0.2, 0.25) is 0 Å². The summed E-state index contributed by atoms with van der Waals surface area (Å²) in [6.45, 7) is 3.73. The van der Waals surface area contributed by atoms with Gasteiger partial charge in [0.15, 0.2) is 0 Å². The Morgan fingerprint density at radius 1 is 1.50 bits per heavy atom. The van der Waals surface area contributed by atoms with Crippen LogP contribution in [0.3, 0.4) is 0 Å². The largest absolute Gasteiger partial charge is 0.449 e. The smallest absolute Gasteiger partial charge is 0.422 e. The Morgan fingerprint density at radius 2 is 2.19 bits per heavy atom. The number of carbonyl (C=O) groups excluding carboxylic acids is 1. The maximum Gasteiger partial charge on any atom is 0.422 e. The van der Waals surface area contributed by atoms with Gasteiger partial charge >= 0.3 is 11.8 Å². The second-order valence-corrected chi connectivity index (χ2v) is 3.41. The quantitative estimate of drug-likeness (QED) is 0.766. The first-order valence-corrected chi connectivity index (χ1v) is 5.06. The molecule has 0 atom stereocenters. The van der Waals surface area contributed by atoms with E-state index in [4.69, 9.17) is 4.74 Å². The molecule has 0 unspecified atom stereocenters. The molecule has 1 rings (SSSR count). The van der Waals surface area contributed by atoms with E-state index in [1.165, 1.54) is 13.1 Å². The van der Waals surface area contributed by atoms with Crippen molar-refractivity contribution in [2.45, 2.75) is 26.7 Å². The van der Waals surface area contributed by atoms with Crippen LogP contribution >= 0.6 is 0 Å². The molecule has 0 aromatic carbocycles. The summed E-state index contributed by atoms with van der Waals surface area (Å²) >= 11 is 0. The zero-order chi connectivity index (χ0) is 12.1. The van der Waals surface area contributed by atoms with Gasteiger partial charge in [-0.2, -0.15) is 0 Å². The molecule has 0 saturated carbocycles. The Morgan fingerprint density at radius 3 is 2.81 bits per heavy atom. The van der Waals surface area contributed by atoms with E-state index in [-0.39, 0.29) is 12.2 Å². The van der Waals surface area contributed by atoms with Crippen LogP contribution in [0, 0.1) is 6.92 Å². The van der Waals surface area contributed by atoms with Gasteiger partial charge in [-0.05, 0) is 13.3 Å². The van der Waals surface area contributed by atoms with Crippen LogP contribution in [0.4, 0.5) is 4.79 Å². The normalized spacial score (nSPS) is 10.1. The minimum atomic E-state index is -0.780. The van der Waals surface area contributed by atoms with Crippen molar-refractivity contribution in [2.24, 2.45) is 0 Å². The second-order valence-electron chi connectivity index (χ2n) is 3.41. The zero-order valence-corrected chi connectivity index (χ0v) is 9.28. The monoisotopic (exact) mass is 226 g/mol. The van der Waals surface area contributed by atoms with Gasteiger partial charge in [0.2, 0.25) is 0 Å². The lowest BCUT2D eigenvalue weighted by molar-refractivity contribution is 0.144. The van der Waals surface area contributed by atoms with Crippen molar-refractivity contribution >= 4 is 6.09 Å². The van der Waals surface area contributed by atoms with Gasteiger partial charge < -0.3 is 4.74 Å². The van der Waals surface area contributed by atoms with Gasteiger partial charge in [0, 0.05) is 11.8 Å². The highest BCUT2D eigenvalue weighted by molar-refractivity contribution is 5.69. The average molecular weight is 226 g/mol. The van der Waals surface area contributed by atoms with Gasteiger partial charge in [-0.15, -0.1) is 0 Å². The van der Waals surface area contributed by atoms with Crippen molar-refractivity contribution in [1.82, 2.24) is 9.55 Å². The van der Waals surface area contributed by atoms with E-state index in [2.05, 4.69) is 0 Å². The highest BCUT2D eigenvalue weighted by Gasteiger charge is 2.09. The summed E-state index contributed by atoms with van der Waals surface area (Å²) in [4.78, 5) is 35.8. The Balaban J connectivity index is 2.88. The minimum Gasteiger partial charge on any atom is -0.449 e. The van der Waals surface area contributed by atoms with Crippen LogP contribution in [0.1, 0.15) is 25.3 Å². The Labute approximate surface area is 91.9 Å². The van der Waals surface area contributed by atoms with Crippen LogP contribution < -0.4 is 11.2 Å². The van der Waals surface area contributed by atoms with E-state index in [1.807, 2.05) is 11.9 Å². The third-order valence-electron chi connectivity index (χ3n) is 2.04. The molecule has 88 valence electrons. The number of aromatic amines is 1. The van der Waals surface area contributed by atoms with Crippen molar-refractivity contribution < 1.29 is 9.53 Å². The molecule has 1 N–H and O–H groups in total. The van der Waals surface area contributed by atoms with E-state index >= 15 is 0 Å². The summed E-state index contributed by atoms with van der Waals surface area (Å²) in [5, 5.41) is 0. The third kappa shape index (κ3) is 2.82. The fourth-order valence-corrected chi connectivity index (χ4v) is 1.08. The molecule has 1 aromatic rings. The topological polar surface area (TPSA) is 81.2 Å². The van der Waals surface area contributed by atoms with E-state index in [1.54, 1.807) is 0 Å². The number of unbranched alkanes of at least 4 members (excludes halogenated alkanes) is 1. The lowest BCUT2D eigenvalue weighted by atomic mass is 10.4. The standard InChI is InChI=1S/C10H14N2O4/c1-3-4-5-16-10(15)12-6-7(2)8(13)11-9(12)14/h6H,3-5H2,1-2H3,(H,11,13,14). The molecule has 0 amide bonds. The highest BCUT2D eigenvalue weighted by Crippen LogP contribution is 1.92. The molecule has 0 fully saturated rings. The van der Waals surface area contributed by atoms with Crippen molar-refractivity contribution in [3.05, 3.63) is 32.6 Å². The van der Waals surface area contributed by atoms with Gasteiger partial charge in [0.05, 0.1) is 6.61 Å². The van der Waals surface area contributed by atoms with E-state index in [0.29, 0.717) is 0 Å². The van der Waals surface area contributed by atoms with E-state index in [9.17, 15) is 14.4 Å². The number of carbonyl (C=O) groups is 1. The molecule has 0 aliphatic heterocycles. The van der Waals surface area contributed by atoms with E-state index in [0.717, 1.165) is 17.4 Å². The number of H-pyrrole nitrogens is 1. The molecule has 1 heterocycles. The van der Waals surface area contributed by atoms with Gasteiger partial charge in [0.25, 0.3) is 5.56 Å². The zero-order valence-electron chi connectivity index (χ0n) is 9.28. The molecule has 1 aromatic heterocycles. The average Bonchev–Trinajstić information content (AvgIpc) is 2.23. The van der Waals surface area contributed by atoms with Gasteiger partial charge in [-0.25, -0.2) is 14.2 Å². The minimum absolute atomic E-state index is 0.264. The lowest BCUT2D eigenvalue weighted by Gasteiger charge is -2.05. The lowest BCUT2D eigenvalue weighted by Crippen LogP contribution is -2.35. The van der Waals surface area contributed by atoms with Crippen molar-refractivity contribution in [3.63, 3.8) is 0 Å².